The molecule has 0 aliphatic heterocycles. The molecule has 0 aliphatic rings. The van der Waals surface area contributed by atoms with E-state index in [1.165, 1.54) is 0 Å². The van der Waals surface area contributed by atoms with Crippen molar-refractivity contribution in [3.63, 3.8) is 0 Å². The molecular weight excluding hydrogens is 266 g/mol. The van der Waals surface area contributed by atoms with Gasteiger partial charge in [-0.15, -0.1) is 0 Å². The molecule has 0 atom stereocenters. The lowest BCUT2D eigenvalue weighted by atomic mass is 10.1. The van der Waals surface area contributed by atoms with Gasteiger partial charge in [-0.25, -0.2) is 0 Å². The molecule has 0 bridgehead atoms. The first-order chi connectivity index (χ1) is 10.1. The number of nitrogens with zero attached hydrogens (tertiary/aromatic N) is 2. The van der Waals surface area contributed by atoms with Crippen LogP contribution in [-0.2, 0) is 0 Å². The minimum atomic E-state index is -0.498. The summed E-state index contributed by atoms with van der Waals surface area (Å²) in [7, 11) is 0. The fraction of sp³-hybridized carbons (Fsp3) is 0.0625. The Kier molecular flexibility index (Phi) is 2.27. The summed E-state index contributed by atoms with van der Waals surface area (Å²) in [6.07, 6.45) is 1.84. The molecule has 21 heavy (non-hydrogen) atoms. The lowest BCUT2D eigenvalue weighted by molar-refractivity contribution is 1.12. The Morgan fingerprint density at radius 1 is 1.14 bits per heavy atom. The van der Waals surface area contributed by atoms with Gasteiger partial charge in [0.2, 0.25) is 0 Å². The number of rotatable bonds is 0. The average Bonchev–Trinajstić information content (AvgIpc) is 2.46. The van der Waals surface area contributed by atoms with Crippen molar-refractivity contribution in [3.8, 4) is 0 Å². The second-order valence-corrected chi connectivity index (χ2v) is 5.07. The molecule has 0 amide bonds. The maximum absolute atomic E-state index is 12.2. The number of pyridine rings is 2. The van der Waals surface area contributed by atoms with Crippen molar-refractivity contribution in [1.82, 2.24) is 14.4 Å². The summed E-state index contributed by atoms with van der Waals surface area (Å²) in [4.78, 5) is 31.2. The highest BCUT2D eigenvalue weighted by molar-refractivity contribution is 6.03. The number of fused-ring (bicyclic) bond motifs is 5. The van der Waals surface area contributed by atoms with Crippen LogP contribution < -0.4 is 11.1 Å². The molecule has 4 rings (SSSR count). The van der Waals surface area contributed by atoms with Crippen molar-refractivity contribution >= 4 is 27.5 Å². The first-order valence-electron chi connectivity index (χ1n) is 6.59. The van der Waals surface area contributed by atoms with E-state index in [0.717, 1.165) is 10.9 Å². The van der Waals surface area contributed by atoms with E-state index in [4.69, 9.17) is 0 Å². The molecule has 0 fully saturated rings. The molecule has 4 aromatic rings. The molecule has 0 unspecified atom stereocenters. The first-order valence-corrected chi connectivity index (χ1v) is 6.59. The zero-order valence-corrected chi connectivity index (χ0v) is 11.3. The Hall–Kier alpha value is -2.95. The summed E-state index contributed by atoms with van der Waals surface area (Å²) in [5, 5.41) is 0.917. The van der Waals surface area contributed by atoms with Crippen molar-refractivity contribution in [2.75, 3.05) is 0 Å². The van der Waals surface area contributed by atoms with Gasteiger partial charge in [0, 0.05) is 11.6 Å². The molecule has 1 aromatic carbocycles. The minimum Gasteiger partial charge on any atom is -0.321 e. The van der Waals surface area contributed by atoms with Gasteiger partial charge in [-0.1, -0.05) is 18.2 Å². The van der Waals surface area contributed by atoms with E-state index in [1.807, 2.05) is 49.5 Å². The van der Waals surface area contributed by atoms with Crippen LogP contribution in [0.3, 0.4) is 0 Å². The van der Waals surface area contributed by atoms with E-state index in [-0.39, 0.29) is 5.39 Å². The van der Waals surface area contributed by atoms with Crippen molar-refractivity contribution in [2.24, 2.45) is 0 Å². The average molecular weight is 277 g/mol. The van der Waals surface area contributed by atoms with Crippen LogP contribution in [0, 0.1) is 6.92 Å². The quantitative estimate of drug-likeness (QED) is 0.500. The van der Waals surface area contributed by atoms with Crippen molar-refractivity contribution in [2.45, 2.75) is 6.92 Å². The number of hydrogen-bond donors (Lipinski definition) is 1. The zero-order chi connectivity index (χ0) is 14.6. The van der Waals surface area contributed by atoms with Gasteiger partial charge in [0.1, 0.15) is 11.0 Å². The Bertz CT molecular complexity index is 1140. The predicted molar refractivity (Wildman–Crippen MR) is 81.8 cm³/mol. The monoisotopic (exact) mass is 277 g/mol. The largest absolute Gasteiger partial charge is 0.321 e. The van der Waals surface area contributed by atoms with Gasteiger partial charge in [0.15, 0.2) is 0 Å². The van der Waals surface area contributed by atoms with Gasteiger partial charge in [-0.05, 0) is 30.7 Å². The van der Waals surface area contributed by atoms with E-state index in [2.05, 4.69) is 9.97 Å². The second-order valence-electron chi connectivity index (χ2n) is 5.07. The molecule has 0 spiro atoms. The standard InChI is InChI=1S/C16H11N3O2/c1-9-6-7-19-12(8-9)18-16(21)13-14(19)10-4-2-3-5-11(10)17-15(13)20/h2-8H,1H3,(H,17,20). The highest BCUT2D eigenvalue weighted by atomic mass is 16.1. The van der Waals surface area contributed by atoms with E-state index < -0.39 is 11.1 Å². The Balaban J connectivity index is 2.46. The molecule has 0 saturated heterocycles. The highest BCUT2D eigenvalue weighted by Crippen LogP contribution is 2.20. The molecule has 102 valence electrons. The lowest BCUT2D eigenvalue weighted by Gasteiger charge is -2.08. The van der Waals surface area contributed by atoms with E-state index in [9.17, 15) is 9.59 Å². The molecule has 1 N–H and O–H groups in total. The van der Waals surface area contributed by atoms with Gasteiger partial charge in [0.25, 0.3) is 11.1 Å². The fourth-order valence-corrected chi connectivity index (χ4v) is 2.70. The SMILES string of the molecule is Cc1ccn2c(c1)nc(=O)c1c(=O)[nH]c3ccccc3c12. The number of benzene rings is 1. The van der Waals surface area contributed by atoms with Crippen LogP contribution in [-0.4, -0.2) is 14.4 Å². The van der Waals surface area contributed by atoms with Crippen LogP contribution in [0.4, 0.5) is 0 Å². The van der Waals surface area contributed by atoms with Gasteiger partial charge in [0.05, 0.1) is 11.0 Å². The van der Waals surface area contributed by atoms with Gasteiger partial charge in [-0.2, -0.15) is 4.98 Å². The number of aromatic nitrogens is 3. The lowest BCUT2D eigenvalue weighted by Crippen LogP contribution is -2.21. The van der Waals surface area contributed by atoms with Crippen molar-refractivity contribution in [1.29, 1.82) is 0 Å². The Labute approximate surface area is 118 Å². The van der Waals surface area contributed by atoms with Crippen LogP contribution in [0.25, 0.3) is 27.5 Å². The summed E-state index contributed by atoms with van der Waals surface area (Å²) in [5.74, 6) is 0. The predicted octanol–water partition coefficient (Wildman–Crippen LogP) is 2.00. The number of nitrogens with one attached hydrogen (secondary N) is 1. The maximum atomic E-state index is 12.2. The van der Waals surface area contributed by atoms with Gasteiger partial charge < -0.3 is 9.38 Å². The number of aryl methyl sites for hydroxylation is 1. The summed E-state index contributed by atoms with van der Waals surface area (Å²) < 4.78 is 1.79. The fourth-order valence-electron chi connectivity index (χ4n) is 2.70. The maximum Gasteiger partial charge on any atom is 0.286 e. The Morgan fingerprint density at radius 3 is 2.81 bits per heavy atom. The molecule has 0 radical (unpaired) electrons. The topological polar surface area (TPSA) is 67.2 Å². The van der Waals surface area contributed by atoms with Crippen molar-refractivity contribution in [3.05, 3.63) is 68.9 Å². The van der Waals surface area contributed by atoms with Gasteiger partial charge in [-0.3, -0.25) is 9.59 Å². The van der Waals surface area contributed by atoms with Crippen LogP contribution >= 0.6 is 0 Å². The normalized spacial score (nSPS) is 11.5. The molecule has 0 aliphatic carbocycles. The smallest absolute Gasteiger partial charge is 0.286 e. The highest BCUT2D eigenvalue weighted by Gasteiger charge is 2.12. The summed E-state index contributed by atoms with van der Waals surface area (Å²) in [6, 6.07) is 11.2. The van der Waals surface area contributed by atoms with Gasteiger partial charge >= 0.3 is 0 Å². The van der Waals surface area contributed by atoms with E-state index in [1.54, 1.807) is 4.40 Å². The number of hydrogen-bond acceptors (Lipinski definition) is 3. The van der Waals surface area contributed by atoms with E-state index >= 15 is 0 Å². The zero-order valence-electron chi connectivity index (χ0n) is 11.3. The Morgan fingerprint density at radius 2 is 1.95 bits per heavy atom. The van der Waals surface area contributed by atoms with Crippen LogP contribution in [0.2, 0.25) is 0 Å². The third-order valence-corrected chi connectivity index (χ3v) is 3.66. The van der Waals surface area contributed by atoms with Crippen LogP contribution in [0.5, 0.6) is 0 Å². The van der Waals surface area contributed by atoms with Crippen LogP contribution in [0.1, 0.15) is 5.56 Å². The number of aromatic amines is 1. The summed E-state index contributed by atoms with van der Waals surface area (Å²) >= 11 is 0. The molecule has 3 aromatic heterocycles. The third kappa shape index (κ3) is 1.61. The van der Waals surface area contributed by atoms with Crippen molar-refractivity contribution < 1.29 is 0 Å². The summed E-state index contributed by atoms with van der Waals surface area (Å²) in [6.45, 7) is 1.94. The van der Waals surface area contributed by atoms with E-state index in [0.29, 0.717) is 16.7 Å². The number of para-hydroxylation sites is 1. The molecule has 3 heterocycles. The molecular formula is C16H11N3O2. The summed E-state index contributed by atoms with van der Waals surface area (Å²) in [5.41, 5.74) is 1.96. The van der Waals surface area contributed by atoms with Crippen LogP contribution in [0.15, 0.2) is 52.2 Å². The first kappa shape index (κ1) is 11.8. The molecule has 5 nitrogen and oxygen atoms in total. The second kappa shape index (κ2) is 4.02. The minimum absolute atomic E-state index is 0.0926. The third-order valence-electron chi connectivity index (χ3n) is 3.66. The number of H-pyrrole nitrogens is 1. The molecule has 5 heteroatoms. The molecule has 0 saturated carbocycles.